The van der Waals surface area contributed by atoms with Crippen molar-refractivity contribution in [2.24, 2.45) is 0 Å². The summed E-state index contributed by atoms with van der Waals surface area (Å²) in [5.74, 6) is 2.76. The van der Waals surface area contributed by atoms with Crippen molar-refractivity contribution in [1.29, 1.82) is 0 Å². The molecule has 0 amide bonds. The van der Waals surface area contributed by atoms with Crippen molar-refractivity contribution in [3.8, 4) is 12.3 Å². The quantitative estimate of drug-likeness (QED) is 0.435. The molecular formula is C10H18N2O2. The van der Waals surface area contributed by atoms with E-state index in [4.69, 9.17) is 16.3 Å². The molecule has 1 aliphatic rings. The van der Waals surface area contributed by atoms with E-state index in [2.05, 4.69) is 16.1 Å². The van der Waals surface area contributed by atoms with Gasteiger partial charge in [-0.05, 0) is 0 Å². The fourth-order valence-electron chi connectivity index (χ4n) is 1.50. The van der Waals surface area contributed by atoms with Gasteiger partial charge in [0.25, 0.3) is 0 Å². The molecule has 1 heterocycles. The summed E-state index contributed by atoms with van der Waals surface area (Å²) in [6, 6.07) is 0.116. The number of nitrogens with zero attached hydrogens (tertiary/aromatic N) is 1. The van der Waals surface area contributed by atoms with E-state index < -0.39 is 0 Å². The Morgan fingerprint density at radius 2 is 2.21 bits per heavy atom. The third kappa shape index (κ3) is 3.64. The van der Waals surface area contributed by atoms with Crippen molar-refractivity contribution >= 4 is 0 Å². The second-order valence-corrected chi connectivity index (χ2v) is 3.26. The lowest BCUT2D eigenvalue weighted by Gasteiger charge is -2.31. The van der Waals surface area contributed by atoms with Crippen LogP contribution in [0.4, 0.5) is 0 Å². The molecule has 0 aliphatic carbocycles. The first-order valence-electron chi connectivity index (χ1n) is 4.98. The number of ether oxygens (including phenoxy) is 1. The Morgan fingerprint density at radius 1 is 1.50 bits per heavy atom. The van der Waals surface area contributed by atoms with Gasteiger partial charge in [-0.15, -0.1) is 6.42 Å². The maximum atomic E-state index is 8.61. The van der Waals surface area contributed by atoms with Crippen molar-refractivity contribution in [2.45, 2.75) is 6.04 Å². The number of aliphatic hydroxyl groups is 1. The minimum absolute atomic E-state index is 0.116. The molecule has 4 nitrogen and oxygen atoms in total. The molecule has 1 rings (SSSR count). The van der Waals surface area contributed by atoms with Crippen molar-refractivity contribution in [2.75, 3.05) is 46.0 Å². The topological polar surface area (TPSA) is 44.7 Å². The van der Waals surface area contributed by atoms with E-state index >= 15 is 0 Å². The van der Waals surface area contributed by atoms with Crippen LogP contribution < -0.4 is 5.32 Å². The van der Waals surface area contributed by atoms with Gasteiger partial charge in [-0.1, -0.05) is 5.92 Å². The SMILES string of the molecule is C#CC(CNCCO)N1CCOCC1. The molecule has 1 fully saturated rings. The summed E-state index contributed by atoms with van der Waals surface area (Å²) in [6.07, 6.45) is 5.45. The molecule has 0 saturated carbocycles. The Hall–Kier alpha value is -0.600. The summed E-state index contributed by atoms with van der Waals surface area (Å²) >= 11 is 0. The Kier molecular flexibility index (Phi) is 5.57. The molecule has 1 atom stereocenters. The van der Waals surface area contributed by atoms with Gasteiger partial charge < -0.3 is 15.2 Å². The number of hydrogen-bond acceptors (Lipinski definition) is 4. The van der Waals surface area contributed by atoms with Gasteiger partial charge in [0.05, 0.1) is 25.9 Å². The summed E-state index contributed by atoms with van der Waals surface area (Å²) in [5, 5.41) is 11.7. The molecule has 1 aliphatic heterocycles. The molecule has 2 N–H and O–H groups in total. The average Bonchev–Trinajstić information content (AvgIpc) is 2.26. The van der Waals surface area contributed by atoms with Crippen LogP contribution >= 0.6 is 0 Å². The third-order valence-electron chi connectivity index (χ3n) is 2.31. The number of rotatable bonds is 5. The van der Waals surface area contributed by atoms with E-state index in [1.165, 1.54) is 0 Å². The summed E-state index contributed by atoms with van der Waals surface area (Å²) < 4.78 is 5.25. The molecule has 0 aromatic heterocycles. The van der Waals surface area contributed by atoms with Crippen LogP contribution in [0.2, 0.25) is 0 Å². The van der Waals surface area contributed by atoms with E-state index in [0.29, 0.717) is 6.54 Å². The fraction of sp³-hybridized carbons (Fsp3) is 0.800. The molecule has 1 saturated heterocycles. The maximum Gasteiger partial charge on any atom is 0.0839 e. The smallest absolute Gasteiger partial charge is 0.0839 e. The Labute approximate surface area is 85.2 Å². The molecule has 14 heavy (non-hydrogen) atoms. The van der Waals surface area contributed by atoms with Gasteiger partial charge in [0.2, 0.25) is 0 Å². The summed E-state index contributed by atoms with van der Waals surface area (Å²) in [5.41, 5.74) is 0. The van der Waals surface area contributed by atoms with Crippen LogP contribution in [-0.2, 0) is 4.74 Å². The summed E-state index contributed by atoms with van der Waals surface area (Å²) in [4.78, 5) is 2.23. The first-order valence-corrected chi connectivity index (χ1v) is 4.98. The normalized spacial score (nSPS) is 20.3. The molecule has 0 spiro atoms. The lowest BCUT2D eigenvalue weighted by atomic mass is 10.2. The van der Waals surface area contributed by atoms with Crippen molar-refractivity contribution in [3.63, 3.8) is 0 Å². The van der Waals surface area contributed by atoms with Crippen molar-refractivity contribution < 1.29 is 9.84 Å². The van der Waals surface area contributed by atoms with Crippen LogP contribution in [0.5, 0.6) is 0 Å². The van der Waals surface area contributed by atoms with Gasteiger partial charge in [-0.25, -0.2) is 0 Å². The summed E-state index contributed by atoms with van der Waals surface area (Å²) in [7, 11) is 0. The number of terminal acetylenes is 1. The van der Waals surface area contributed by atoms with Crippen LogP contribution in [0.1, 0.15) is 0 Å². The summed E-state index contributed by atoms with van der Waals surface area (Å²) in [6.45, 7) is 4.81. The highest BCUT2D eigenvalue weighted by Crippen LogP contribution is 2.02. The molecule has 0 bridgehead atoms. The zero-order valence-electron chi connectivity index (χ0n) is 8.41. The predicted octanol–water partition coefficient (Wildman–Crippen LogP) is -1.10. The van der Waals surface area contributed by atoms with Gasteiger partial charge in [-0.3, -0.25) is 4.90 Å². The minimum Gasteiger partial charge on any atom is -0.395 e. The maximum absolute atomic E-state index is 8.61. The zero-order valence-corrected chi connectivity index (χ0v) is 8.41. The number of morpholine rings is 1. The van der Waals surface area contributed by atoms with E-state index in [-0.39, 0.29) is 12.6 Å². The fourth-order valence-corrected chi connectivity index (χ4v) is 1.50. The zero-order chi connectivity index (χ0) is 10.2. The van der Waals surface area contributed by atoms with Gasteiger partial charge >= 0.3 is 0 Å². The highest BCUT2D eigenvalue weighted by Gasteiger charge is 2.18. The Balaban J connectivity index is 2.25. The first kappa shape index (κ1) is 11.5. The standard InChI is InChI=1S/C10H18N2O2/c1-2-10(9-11-3-6-13)12-4-7-14-8-5-12/h1,10-11,13H,3-9H2. The van der Waals surface area contributed by atoms with Crippen LogP contribution in [-0.4, -0.2) is 62.0 Å². The third-order valence-corrected chi connectivity index (χ3v) is 2.31. The van der Waals surface area contributed by atoms with Crippen LogP contribution in [0.25, 0.3) is 0 Å². The predicted molar refractivity (Wildman–Crippen MR) is 55.0 cm³/mol. The number of aliphatic hydroxyl groups excluding tert-OH is 1. The number of nitrogens with one attached hydrogen (secondary N) is 1. The van der Waals surface area contributed by atoms with Crippen LogP contribution in [0, 0.1) is 12.3 Å². The molecule has 0 radical (unpaired) electrons. The van der Waals surface area contributed by atoms with Gasteiger partial charge in [0, 0.05) is 26.2 Å². The van der Waals surface area contributed by atoms with Crippen molar-refractivity contribution in [3.05, 3.63) is 0 Å². The number of hydrogen-bond donors (Lipinski definition) is 2. The average molecular weight is 198 g/mol. The largest absolute Gasteiger partial charge is 0.395 e. The molecule has 80 valence electrons. The van der Waals surface area contributed by atoms with Crippen LogP contribution in [0.15, 0.2) is 0 Å². The van der Waals surface area contributed by atoms with E-state index in [9.17, 15) is 0 Å². The Morgan fingerprint density at radius 3 is 2.79 bits per heavy atom. The molecule has 4 heteroatoms. The van der Waals surface area contributed by atoms with Gasteiger partial charge in [-0.2, -0.15) is 0 Å². The first-order chi connectivity index (χ1) is 6.88. The minimum atomic E-state index is 0.116. The van der Waals surface area contributed by atoms with E-state index in [1.807, 2.05) is 0 Å². The van der Waals surface area contributed by atoms with E-state index in [1.54, 1.807) is 0 Å². The second-order valence-electron chi connectivity index (χ2n) is 3.26. The molecule has 0 aromatic rings. The van der Waals surface area contributed by atoms with Gasteiger partial charge in [0.15, 0.2) is 0 Å². The molecule has 1 unspecified atom stereocenters. The second kappa shape index (κ2) is 6.80. The van der Waals surface area contributed by atoms with Crippen LogP contribution in [0.3, 0.4) is 0 Å². The lowest BCUT2D eigenvalue weighted by molar-refractivity contribution is 0.0273. The molecular weight excluding hydrogens is 180 g/mol. The van der Waals surface area contributed by atoms with E-state index in [0.717, 1.165) is 32.8 Å². The lowest BCUT2D eigenvalue weighted by Crippen LogP contribution is -2.47. The highest BCUT2D eigenvalue weighted by atomic mass is 16.5. The monoisotopic (exact) mass is 198 g/mol. The Bertz CT molecular complexity index is 185. The highest BCUT2D eigenvalue weighted by molar-refractivity contribution is 5.01. The van der Waals surface area contributed by atoms with Gasteiger partial charge in [0.1, 0.15) is 0 Å². The van der Waals surface area contributed by atoms with Crippen molar-refractivity contribution in [1.82, 2.24) is 10.2 Å². The molecule has 0 aromatic carbocycles.